The fraction of sp³-hybridized carbons (Fsp3) is 0.907. The summed E-state index contributed by atoms with van der Waals surface area (Å²) in [5.41, 5.74) is 0. The second-order valence-corrected chi connectivity index (χ2v) is 18.6. The number of aliphatic hydroxyl groups excluding tert-OH is 4. The number of amides is 1. The molecule has 6 heteroatoms. The maximum Gasteiger partial charge on any atom is 0.249 e. The molecule has 0 aliphatic carbocycles. The summed E-state index contributed by atoms with van der Waals surface area (Å²) in [7, 11) is 0. The van der Waals surface area contributed by atoms with Crippen LogP contribution in [0, 0.1) is 0 Å². The fourth-order valence-corrected chi connectivity index (χ4v) is 8.42. The molecule has 356 valence electrons. The minimum absolute atomic E-state index is 0.365. The first-order valence-electron chi connectivity index (χ1n) is 26.7. The van der Waals surface area contributed by atoms with Gasteiger partial charge in [0.25, 0.3) is 0 Å². The lowest BCUT2D eigenvalue weighted by Crippen LogP contribution is -2.53. The summed E-state index contributed by atoms with van der Waals surface area (Å²) in [4.78, 5) is 12.6. The third kappa shape index (κ3) is 42.1. The number of nitrogens with one attached hydrogen (secondary N) is 1. The van der Waals surface area contributed by atoms with Crippen LogP contribution in [0.4, 0.5) is 0 Å². The molecule has 0 aromatic heterocycles. The first-order chi connectivity index (χ1) is 29.5. The van der Waals surface area contributed by atoms with Crippen molar-refractivity contribution in [1.82, 2.24) is 5.32 Å². The molecule has 0 bridgehead atoms. The topological polar surface area (TPSA) is 110 Å². The van der Waals surface area contributed by atoms with Crippen molar-refractivity contribution in [2.45, 2.75) is 308 Å². The number of carbonyl (C=O) groups excluding carboxylic acids is 1. The molecule has 0 spiro atoms. The van der Waals surface area contributed by atoms with Crippen LogP contribution in [0.5, 0.6) is 0 Å². The molecule has 0 aliphatic heterocycles. The predicted octanol–water partition coefficient (Wildman–Crippen LogP) is 15.1. The average molecular weight is 848 g/mol. The Morgan fingerprint density at radius 1 is 0.400 bits per heavy atom. The van der Waals surface area contributed by atoms with E-state index in [1.54, 1.807) is 0 Å². The summed E-state index contributed by atoms with van der Waals surface area (Å²) in [6.07, 6.45) is 58.1. The van der Waals surface area contributed by atoms with Crippen molar-refractivity contribution in [3.8, 4) is 0 Å². The molecule has 0 aromatic rings. The Labute approximate surface area is 374 Å². The number of hydrogen-bond donors (Lipinski definition) is 5. The number of hydrogen-bond acceptors (Lipinski definition) is 5. The maximum atomic E-state index is 12.6. The molecule has 0 aromatic carbocycles. The van der Waals surface area contributed by atoms with Gasteiger partial charge in [-0.1, -0.05) is 256 Å². The van der Waals surface area contributed by atoms with Crippen LogP contribution < -0.4 is 5.32 Å². The van der Waals surface area contributed by atoms with Gasteiger partial charge >= 0.3 is 0 Å². The van der Waals surface area contributed by atoms with Crippen molar-refractivity contribution in [3.05, 3.63) is 24.3 Å². The summed E-state index contributed by atoms with van der Waals surface area (Å²) in [6, 6.07) is -1.01. The van der Waals surface area contributed by atoms with E-state index in [9.17, 15) is 25.2 Å². The predicted molar refractivity (Wildman–Crippen MR) is 261 cm³/mol. The van der Waals surface area contributed by atoms with Crippen LogP contribution in [0.3, 0.4) is 0 Å². The van der Waals surface area contributed by atoms with Crippen LogP contribution in [0.1, 0.15) is 284 Å². The van der Waals surface area contributed by atoms with Crippen molar-refractivity contribution in [2.75, 3.05) is 6.61 Å². The van der Waals surface area contributed by atoms with Crippen LogP contribution in [0.25, 0.3) is 0 Å². The van der Waals surface area contributed by atoms with Gasteiger partial charge in [0, 0.05) is 0 Å². The number of carbonyl (C=O) groups is 1. The lowest BCUT2D eigenvalue weighted by atomic mass is 10.00. The summed E-state index contributed by atoms with van der Waals surface area (Å²) in [5.74, 6) is -0.592. The van der Waals surface area contributed by atoms with Crippen molar-refractivity contribution in [2.24, 2.45) is 0 Å². The van der Waals surface area contributed by atoms with Gasteiger partial charge in [0.15, 0.2) is 0 Å². The highest BCUT2D eigenvalue weighted by Gasteiger charge is 2.28. The monoisotopic (exact) mass is 848 g/mol. The lowest BCUT2D eigenvalue weighted by Gasteiger charge is -2.27. The Balaban J connectivity index is 3.67. The van der Waals surface area contributed by atoms with Crippen molar-refractivity contribution in [3.63, 3.8) is 0 Å². The van der Waals surface area contributed by atoms with E-state index in [0.717, 1.165) is 38.5 Å². The molecule has 60 heavy (non-hydrogen) atoms. The first-order valence-corrected chi connectivity index (χ1v) is 26.7. The van der Waals surface area contributed by atoms with E-state index in [0.29, 0.717) is 19.3 Å². The summed E-state index contributed by atoms with van der Waals surface area (Å²) >= 11 is 0. The zero-order valence-electron chi connectivity index (χ0n) is 40.2. The SMILES string of the molecule is CCCCCCCCCCCC/C=C/CC/C=C/CCCC(O)C(O)C(CO)NC(=O)C(O)CCCCCCCCCCCCCCCCCCCCCCCCCCC. The summed E-state index contributed by atoms with van der Waals surface area (Å²) < 4.78 is 0. The van der Waals surface area contributed by atoms with Gasteiger partial charge in [-0.25, -0.2) is 0 Å². The van der Waals surface area contributed by atoms with Crippen LogP contribution >= 0.6 is 0 Å². The first kappa shape index (κ1) is 58.8. The molecule has 0 saturated carbocycles. The molecule has 4 atom stereocenters. The van der Waals surface area contributed by atoms with Crippen LogP contribution in [-0.4, -0.2) is 57.3 Å². The highest BCUT2D eigenvalue weighted by Crippen LogP contribution is 2.17. The Morgan fingerprint density at radius 3 is 1.05 bits per heavy atom. The van der Waals surface area contributed by atoms with Crippen LogP contribution in [-0.2, 0) is 4.79 Å². The highest BCUT2D eigenvalue weighted by molar-refractivity contribution is 5.80. The van der Waals surface area contributed by atoms with Crippen LogP contribution in [0.2, 0.25) is 0 Å². The fourth-order valence-electron chi connectivity index (χ4n) is 8.42. The Bertz CT molecular complexity index is 909. The van der Waals surface area contributed by atoms with Crippen molar-refractivity contribution in [1.29, 1.82) is 0 Å². The van der Waals surface area contributed by atoms with E-state index in [1.165, 1.54) is 212 Å². The maximum absolute atomic E-state index is 12.6. The van der Waals surface area contributed by atoms with Gasteiger partial charge in [0.2, 0.25) is 5.91 Å². The van der Waals surface area contributed by atoms with E-state index in [4.69, 9.17) is 0 Å². The van der Waals surface area contributed by atoms with Gasteiger partial charge in [-0.05, 0) is 51.4 Å². The normalized spacial score (nSPS) is 14.0. The molecule has 0 aliphatic rings. The number of rotatable bonds is 49. The second kappa shape index (κ2) is 48.8. The molecule has 0 saturated heterocycles. The second-order valence-electron chi connectivity index (χ2n) is 18.6. The smallest absolute Gasteiger partial charge is 0.249 e. The van der Waals surface area contributed by atoms with E-state index in [1.807, 2.05) is 0 Å². The van der Waals surface area contributed by atoms with Gasteiger partial charge in [0.05, 0.1) is 18.8 Å². The molecule has 4 unspecified atom stereocenters. The molecule has 0 radical (unpaired) electrons. The largest absolute Gasteiger partial charge is 0.394 e. The van der Waals surface area contributed by atoms with E-state index in [-0.39, 0.29) is 0 Å². The molecular formula is C54H105NO5. The minimum Gasteiger partial charge on any atom is -0.394 e. The Kier molecular flexibility index (Phi) is 47.8. The number of unbranched alkanes of at least 4 members (excludes halogenated alkanes) is 36. The number of aliphatic hydroxyl groups is 4. The average Bonchev–Trinajstić information content (AvgIpc) is 3.25. The molecule has 1 amide bonds. The lowest BCUT2D eigenvalue weighted by molar-refractivity contribution is -0.132. The molecular weight excluding hydrogens is 743 g/mol. The van der Waals surface area contributed by atoms with E-state index in [2.05, 4.69) is 43.5 Å². The molecule has 0 fully saturated rings. The highest BCUT2D eigenvalue weighted by atomic mass is 16.3. The standard InChI is InChI=1S/C54H105NO5/c1-3-5-7-9-11-13-15-17-19-21-23-24-25-26-27-28-30-32-34-36-38-40-42-44-46-48-52(58)54(60)55-50(49-56)53(59)51(57)47-45-43-41-39-37-35-33-31-29-22-20-18-16-14-12-10-8-6-4-2/h31,33,39,41,50-53,56-59H,3-30,32,34-38,40,42-49H2,1-2H3,(H,55,60)/b33-31+,41-39+. The van der Waals surface area contributed by atoms with Gasteiger partial charge in [-0.3, -0.25) is 4.79 Å². The zero-order chi connectivity index (χ0) is 43.8. The third-order valence-corrected chi connectivity index (χ3v) is 12.6. The third-order valence-electron chi connectivity index (χ3n) is 12.6. The summed E-state index contributed by atoms with van der Waals surface area (Å²) in [5, 5.41) is 43.9. The summed E-state index contributed by atoms with van der Waals surface area (Å²) in [6.45, 7) is 4.07. The molecule has 5 N–H and O–H groups in total. The van der Waals surface area contributed by atoms with Crippen molar-refractivity contribution >= 4 is 5.91 Å². The van der Waals surface area contributed by atoms with Crippen LogP contribution in [0.15, 0.2) is 24.3 Å². The quantitative estimate of drug-likeness (QED) is 0.0309. The van der Waals surface area contributed by atoms with E-state index >= 15 is 0 Å². The molecule has 0 rings (SSSR count). The van der Waals surface area contributed by atoms with E-state index < -0.39 is 36.9 Å². The van der Waals surface area contributed by atoms with Gasteiger partial charge in [0.1, 0.15) is 12.2 Å². The van der Waals surface area contributed by atoms with Crippen molar-refractivity contribution < 1.29 is 25.2 Å². The van der Waals surface area contributed by atoms with Gasteiger partial charge in [-0.15, -0.1) is 0 Å². The Morgan fingerprint density at radius 2 is 0.700 bits per heavy atom. The zero-order valence-corrected chi connectivity index (χ0v) is 40.2. The molecule has 0 heterocycles. The molecule has 6 nitrogen and oxygen atoms in total. The minimum atomic E-state index is -1.29. The number of allylic oxidation sites excluding steroid dienone is 4. The van der Waals surface area contributed by atoms with Gasteiger partial charge < -0.3 is 25.7 Å². The Hall–Kier alpha value is -1.21. The van der Waals surface area contributed by atoms with Gasteiger partial charge in [-0.2, -0.15) is 0 Å².